The normalized spacial score (nSPS) is 19.8. The second kappa shape index (κ2) is 9.35. The lowest BCUT2D eigenvalue weighted by Gasteiger charge is -2.35. The number of ether oxygens (including phenoxy) is 1. The molecule has 0 bridgehead atoms. The summed E-state index contributed by atoms with van der Waals surface area (Å²) >= 11 is 0. The maximum Gasteiger partial charge on any atom is 0.411 e. The minimum Gasteiger partial charge on any atom is -0.465 e. The average Bonchev–Trinajstić information content (AvgIpc) is 3.58. The van der Waals surface area contributed by atoms with E-state index in [1.54, 1.807) is 22.7 Å². The zero-order valence-corrected chi connectivity index (χ0v) is 18.2. The lowest BCUT2D eigenvalue weighted by Crippen LogP contribution is -2.48. The molecule has 9 nitrogen and oxygen atoms in total. The van der Waals surface area contributed by atoms with Gasteiger partial charge in [-0.15, -0.1) is 5.10 Å². The third-order valence-electron chi connectivity index (χ3n) is 5.07. The fraction of sp³-hybridized carbons (Fsp3) is 0.391. The molecule has 2 amide bonds. The molecule has 2 fully saturated rings. The molecule has 32 heavy (non-hydrogen) atoms. The summed E-state index contributed by atoms with van der Waals surface area (Å²) in [7, 11) is 0. The molecular weight excluding hydrogens is 410 g/mol. The molecule has 2 aromatic heterocycles. The van der Waals surface area contributed by atoms with Crippen LogP contribution in [0.2, 0.25) is 0 Å². The number of amides is 2. The number of anilines is 1. The van der Waals surface area contributed by atoms with Gasteiger partial charge in [0.15, 0.2) is 5.65 Å². The lowest BCUT2D eigenvalue weighted by molar-refractivity contribution is -0.0586. The summed E-state index contributed by atoms with van der Waals surface area (Å²) in [5.41, 5.74) is 2.69. The Hall–Kier alpha value is -3.46. The van der Waals surface area contributed by atoms with Crippen LogP contribution in [0.3, 0.4) is 0 Å². The highest BCUT2D eigenvalue weighted by molar-refractivity contribution is 5.94. The van der Waals surface area contributed by atoms with E-state index >= 15 is 0 Å². The monoisotopic (exact) mass is 437 g/mol. The summed E-state index contributed by atoms with van der Waals surface area (Å²) in [6.45, 7) is 5.07. The number of carboxylic acid groups (broad SMARTS) is 1. The fourth-order valence-electron chi connectivity index (χ4n) is 3.58. The van der Waals surface area contributed by atoms with Crippen LogP contribution in [0.1, 0.15) is 43.5 Å². The Balaban J connectivity index is 0.000000754. The highest BCUT2D eigenvalue weighted by Gasteiger charge is 2.26. The van der Waals surface area contributed by atoms with Crippen molar-refractivity contribution in [2.45, 2.75) is 45.3 Å². The molecule has 1 saturated carbocycles. The second-order valence-corrected chi connectivity index (χ2v) is 8.15. The van der Waals surface area contributed by atoms with Crippen molar-refractivity contribution in [3.63, 3.8) is 0 Å². The topological polar surface area (TPSA) is 109 Å². The average molecular weight is 438 g/mol. The number of hydrogen-bond donors (Lipinski definition) is 2. The smallest absolute Gasteiger partial charge is 0.411 e. The molecule has 9 heteroatoms. The molecule has 1 saturated heterocycles. The molecule has 5 rings (SSSR count). The minimum absolute atomic E-state index is 0.00676. The maximum absolute atomic E-state index is 12.8. The molecule has 1 aromatic carbocycles. The van der Waals surface area contributed by atoms with Crippen LogP contribution in [-0.4, -0.2) is 61.9 Å². The molecule has 1 aliphatic carbocycles. The molecule has 2 unspecified atom stereocenters. The van der Waals surface area contributed by atoms with Crippen LogP contribution >= 0.6 is 0 Å². The first kappa shape index (κ1) is 21.8. The van der Waals surface area contributed by atoms with Gasteiger partial charge in [-0.1, -0.05) is 37.5 Å². The van der Waals surface area contributed by atoms with Crippen molar-refractivity contribution in [3.05, 3.63) is 48.0 Å². The van der Waals surface area contributed by atoms with Crippen LogP contribution in [-0.2, 0) is 4.74 Å². The van der Waals surface area contributed by atoms with E-state index in [1.165, 1.54) is 19.3 Å². The minimum atomic E-state index is -1.22. The Labute approximate surface area is 186 Å². The summed E-state index contributed by atoms with van der Waals surface area (Å²) in [5, 5.41) is 15.2. The van der Waals surface area contributed by atoms with Crippen LogP contribution in [0.15, 0.2) is 42.5 Å². The van der Waals surface area contributed by atoms with Gasteiger partial charge in [0.05, 0.1) is 17.9 Å². The van der Waals surface area contributed by atoms with E-state index in [0.29, 0.717) is 24.3 Å². The number of aromatic nitrogens is 3. The van der Waals surface area contributed by atoms with E-state index in [4.69, 9.17) is 9.84 Å². The molecule has 1 aliphatic heterocycles. The number of nitrogens with one attached hydrogen (secondary N) is 1. The van der Waals surface area contributed by atoms with Crippen LogP contribution in [0, 0.1) is 0 Å². The predicted molar refractivity (Wildman–Crippen MR) is 120 cm³/mol. The van der Waals surface area contributed by atoms with Gasteiger partial charge in [-0.2, -0.15) is 4.98 Å². The van der Waals surface area contributed by atoms with Crippen LogP contribution in [0.4, 0.5) is 10.7 Å². The molecule has 2 atom stereocenters. The van der Waals surface area contributed by atoms with Crippen molar-refractivity contribution in [2.75, 3.05) is 18.4 Å². The zero-order chi connectivity index (χ0) is 22.7. The van der Waals surface area contributed by atoms with Crippen molar-refractivity contribution in [1.29, 1.82) is 0 Å². The van der Waals surface area contributed by atoms with Gasteiger partial charge in [-0.05, 0) is 38.1 Å². The van der Waals surface area contributed by atoms with E-state index in [9.17, 15) is 9.59 Å². The van der Waals surface area contributed by atoms with Gasteiger partial charge in [0, 0.05) is 24.2 Å². The largest absolute Gasteiger partial charge is 0.465 e. The number of carbonyl (C=O) groups excluding carboxylic acids is 1. The number of hydrogen-bond acceptors (Lipinski definition) is 5. The van der Waals surface area contributed by atoms with Crippen LogP contribution < -0.4 is 5.32 Å². The predicted octanol–water partition coefficient (Wildman–Crippen LogP) is 3.91. The molecule has 168 valence electrons. The number of pyridine rings is 1. The van der Waals surface area contributed by atoms with Crippen molar-refractivity contribution >= 4 is 23.6 Å². The first-order valence-electron chi connectivity index (χ1n) is 10.8. The van der Waals surface area contributed by atoms with Crippen molar-refractivity contribution in [1.82, 2.24) is 19.5 Å². The van der Waals surface area contributed by atoms with Gasteiger partial charge in [-0.3, -0.25) is 10.1 Å². The first-order chi connectivity index (χ1) is 15.4. The van der Waals surface area contributed by atoms with Gasteiger partial charge >= 0.3 is 6.09 Å². The highest BCUT2D eigenvalue weighted by atomic mass is 16.5. The molecule has 3 aromatic rings. The van der Waals surface area contributed by atoms with Gasteiger partial charge in [0.25, 0.3) is 11.9 Å². The Kier molecular flexibility index (Phi) is 6.36. The standard InChI is InChI=1S/C20H21N5O4.C3H6/c1-12-10-24(11-13(2)29-12)18(26)15-8-6-14(7-9-15)16-4-3-5-17-21-19(22-20(27)28)23-25(16)17;1-2-3-1/h3-9,12-13H,10-11H2,1-2H3,(H,22,23)(H,27,28);1-3H2. The summed E-state index contributed by atoms with van der Waals surface area (Å²) in [6.07, 6.45) is 3.30. The molecule has 2 N–H and O–H groups in total. The Morgan fingerprint density at radius 3 is 2.28 bits per heavy atom. The molecule has 2 aliphatic rings. The quantitative estimate of drug-likeness (QED) is 0.643. The van der Waals surface area contributed by atoms with Crippen molar-refractivity contribution in [2.24, 2.45) is 0 Å². The van der Waals surface area contributed by atoms with E-state index in [1.807, 2.05) is 43.0 Å². The molecule has 0 spiro atoms. The maximum atomic E-state index is 12.8. The second-order valence-electron chi connectivity index (χ2n) is 8.15. The third kappa shape index (κ3) is 5.23. The number of fused-ring (bicyclic) bond motifs is 1. The summed E-state index contributed by atoms with van der Waals surface area (Å²) < 4.78 is 7.26. The van der Waals surface area contributed by atoms with E-state index < -0.39 is 6.09 Å². The summed E-state index contributed by atoms with van der Waals surface area (Å²) in [5.74, 6) is -0.0160. The SMILES string of the molecule is C1CC1.CC1CN(C(=O)c2ccc(-c3cccc4nc(NC(=O)O)nn34)cc2)CC(C)O1. The van der Waals surface area contributed by atoms with Gasteiger partial charge in [-0.25, -0.2) is 9.31 Å². The summed E-state index contributed by atoms with van der Waals surface area (Å²) in [4.78, 5) is 29.6. The summed E-state index contributed by atoms with van der Waals surface area (Å²) in [6, 6.07) is 12.7. The Morgan fingerprint density at radius 2 is 1.69 bits per heavy atom. The third-order valence-corrected chi connectivity index (χ3v) is 5.07. The molecular formula is C23H27N5O4. The molecule has 3 heterocycles. The van der Waals surface area contributed by atoms with E-state index in [0.717, 1.165) is 11.3 Å². The Bertz CT molecular complexity index is 1100. The number of rotatable bonds is 3. The van der Waals surface area contributed by atoms with Gasteiger partial charge < -0.3 is 14.7 Å². The number of morpholine rings is 1. The number of carbonyl (C=O) groups is 2. The van der Waals surface area contributed by atoms with Crippen molar-refractivity contribution < 1.29 is 19.4 Å². The van der Waals surface area contributed by atoms with Crippen molar-refractivity contribution in [3.8, 4) is 11.3 Å². The Morgan fingerprint density at radius 1 is 1.03 bits per heavy atom. The van der Waals surface area contributed by atoms with Gasteiger partial charge in [0.2, 0.25) is 0 Å². The van der Waals surface area contributed by atoms with Crippen LogP contribution in [0.5, 0.6) is 0 Å². The number of benzene rings is 1. The molecule has 0 radical (unpaired) electrons. The number of nitrogens with zero attached hydrogens (tertiary/aromatic N) is 4. The van der Waals surface area contributed by atoms with E-state index in [2.05, 4.69) is 15.4 Å². The highest BCUT2D eigenvalue weighted by Crippen LogP contribution is 2.23. The fourth-order valence-corrected chi connectivity index (χ4v) is 3.58. The van der Waals surface area contributed by atoms with E-state index in [-0.39, 0.29) is 24.1 Å². The zero-order valence-electron chi connectivity index (χ0n) is 18.2. The van der Waals surface area contributed by atoms with Gasteiger partial charge in [0.1, 0.15) is 0 Å². The van der Waals surface area contributed by atoms with Crippen LogP contribution in [0.25, 0.3) is 16.9 Å². The lowest BCUT2D eigenvalue weighted by atomic mass is 10.1. The first-order valence-corrected chi connectivity index (χ1v) is 10.8.